The number of rotatable bonds is 5. The second-order valence-electron chi connectivity index (χ2n) is 7.24. The van der Waals surface area contributed by atoms with Crippen molar-refractivity contribution in [1.29, 1.82) is 0 Å². The van der Waals surface area contributed by atoms with Crippen molar-refractivity contribution < 1.29 is 19.1 Å². The zero-order valence-electron chi connectivity index (χ0n) is 18.0. The van der Waals surface area contributed by atoms with Crippen LogP contribution >= 0.6 is 0 Å². The number of aromatic nitrogens is 2. The van der Waals surface area contributed by atoms with Crippen LogP contribution in [0.15, 0.2) is 66.4 Å². The van der Waals surface area contributed by atoms with E-state index in [0.717, 1.165) is 21.1 Å². The molecule has 8 heteroatoms. The van der Waals surface area contributed by atoms with E-state index in [1.165, 1.54) is 20.2 Å². The van der Waals surface area contributed by atoms with Crippen molar-refractivity contribution in [2.75, 3.05) is 20.7 Å². The number of carbonyl (C=O) groups is 3. The summed E-state index contributed by atoms with van der Waals surface area (Å²) in [6.07, 6.45) is 3.24. The number of urea groups is 1. The van der Waals surface area contributed by atoms with Gasteiger partial charge in [-0.25, -0.2) is 9.48 Å². The van der Waals surface area contributed by atoms with E-state index in [0.29, 0.717) is 23.6 Å². The van der Waals surface area contributed by atoms with Gasteiger partial charge in [-0.2, -0.15) is 5.10 Å². The summed E-state index contributed by atoms with van der Waals surface area (Å²) in [5.41, 5.74) is 2.63. The summed E-state index contributed by atoms with van der Waals surface area (Å²) in [4.78, 5) is 39.3. The third-order valence-electron chi connectivity index (χ3n) is 5.13. The first kappa shape index (κ1) is 21.0. The summed E-state index contributed by atoms with van der Waals surface area (Å²) >= 11 is 0. The van der Waals surface area contributed by atoms with Gasteiger partial charge in [0.25, 0.3) is 11.8 Å². The van der Waals surface area contributed by atoms with E-state index in [-0.39, 0.29) is 5.57 Å². The SMILES string of the molecule is CCOc1cccc(-c2nn(-c3ccccc3)cc2C=C2C(=O)N(C)C(=O)N(C)C2=O)c1. The van der Waals surface area contributed by atoms with E-state index < -0.39 is 17.8 Å². The van der Waals surface area contributed by atoms with Crippen molar-refractivity contribution in [2.24, 2.45) is 0 Å². The molecule has 8 nitrogen and oxygen atoms in total. The van der Waals surface area contributed by atoms with Crippen LogP contribution < -0.4 is 4.74 Å². The Morgan fingerprint density at radius 1 is 0.938 bits per heavy atom. The van der Waals surface area contributed by atoms with E-state index in [9.17, 15) is 14.4 Å². The van der Waals surface area contributed by atoms with Gasteiger partial charge in [-0.3, -0.25) is 19.4 Å². The Hall–Kier alpha value is -4.20. The van der Waals surface area contributed by atoms with Gasteiger partial charge in [0.1, 0.15) is 17.0 Å². The summed E-state index contributed by atoms with van der Waals surface area (Å²) in [6.45, 7) is 2.43. The van der Waals surface area contributed by atoms with Crippen molar-refractivity contribution in [2.45, 2.75) is 6.92 Å². The van der Waals surface area contributed by atoms with Gasteiger partial charge >= 0.3 is 6.03 Å². The Morgan fingerprint density at radius 2 is 1.62 bits per heavy atom. The second kappa shape index (κ2) is 8.50. The molecule has 1 aliphatic rings. The Morgan fingerprint density at radius 3 is 2.28 bits per heavy atom. The maximum atomic E-state index is 12.7. The van der Waals surface area contributed by atoms with Gasteiger partial charge in [0.2, 0.25) is 0 Å². The van der Waals surface area contributed by atoms with Gasteiger partial charge in [-0.15, -0.1) is 0 Å². The van der Waals surface area contributed by atoms with Crippen LogP contribution in [0.4, 0.5) is 4.79 Å². The predicted molar refractivity (Wildman–Crippen MR) is 119 cm³/mol. The number of imide groups is 2. The van der Waals surface area contributed by atoms with Crippen molar-refractivity contribution in [1.82, 2.24) is 19.6 Å². The van der Waals surface area contributed by atoms with E-state index >= 15 is 0 Å². The predicted octanol–water partition coefficient (Wildman–Crippen LogP) is 3.37. The number of hydrogen-bond donors (Lipinski definition) is 0. The van der Waals surface area contributed by atoms with Gasteiger partial charge in [0.15, 0.2) is 0 Å². The number of barbiturate groups is 1. The fraction of sp³-hybridized carbons (Fsp3) is 0.167. The first-order valence-electron chi connectivity index (χ1n) is 10.1. The van der Waals surface area contributed by atoms with Crippen molar-refractivity contribution in [3.8, 4) is 22.7 Å². The minimum atomic E-state index is -0.665. The molecule has 0 spiro atoms. The fourth-order valence-electron chi connectivity index (χ4n) is 3.46. The van der Waals surface area contributed by atoms with Crippen LogP contribution in [-0.2, 0) is 9.59 Å². The normalized spacial score (nSPS) is 14.2. The van der Waals surface area contributed by atoms with Crippen LogP contribution in [-0.4, -0.2) is 58.1 Å². The summed E-state index contributed by atoms with van der Waals surface area (Å²) in [6, 6.07) is 16.3. The molecule has 0 unspecified atom stereocenters. The van der Waals surface area contributed by atoms with Crippen LogP contribution in [0, 0.1) is 0 Å². The first-order chi connectivity index (χ1) is 15.4. The summed E-state index contributed by atoms with van der Waals surface area (Å²) < 4.78 is 7.30. The van der Waals surface area contributed by atoms with Crippen LogP contribution in [0.1, 0.15) is 12.5 Å². The molecule has 1 aliphatic heterocycles. The Labute approximate surface area is 185 Å². The molecule has 32 heavy (non-hydrogen) atoms. The molecule has 0 atom stereocenters. The lowest BCUT2D eigenvalue weighted by atomic mass is 10.0. The number of ether oxygens (including phenoxy) is 1. The molecule has 0 radical (unpaired) electrons. The minimum Gasteiger partial charge on any atom is -0.494 e. The fourth-order valence-corrected chi connectivity index (χ4v) is 3.46. The first-order valence-corrected chi connectivity index (χ1v) is 10.1. The quantitative estimate of drug-likeness (QED) is 0.458. The number of benzene rings is 2. The Balaban J connectivity index is 1.87. The minimum absolute atomic E-state index is 0.107. The smallest absolute Gasteiger partial charge is 0.333 e. The molecule has 1 aromatic heterocycles. The van der Waals surface area contributed by atoms with Gasteiger partial charge in [-0.05, 0) is 37.3 Å². The summed E-state index contributed by atoms with van der Waals surface area (Å²) in [5.74, 6) is -0.619. The maximum Gasteiger partial charge on any atom is 0.333 e. The number of hydrogen-bond acceptors (Lipinski definition) is 5. The Bertz CT molecular complexity index is 1200. The summed E-state index contributed by atoms with van der Waals surface area (Å²) in [7, 11) is 2.70. The molecule has 0 bridgehead atoms. The number of nitrogens with zero attached hydrogens (tertiary/aromatic N) is 4. The second-order valence-corrected chi connectivity index (χ2v) is 7.24. The lowest BCUT2D eigenvalue weighted by molar-refractivity contribution is -0.134. The lowest BCUT2D eigenvalue weighted by Crippen LogP contribution is -2.52. The van der Waals surface area contributed by atoms with E-state index in [4.69, 9.17) is 9.84 Å². The highest BCUT2D eigenvalue weighted by Crippen LogP contribution is 2.29. The van der Waals surface area contributed by atoms with Gasteiger partial charge in [0, 0.05) is 31.4 Å². The summed E-state index contributed by atoms with van der Waals surface area (Å²) in [5, 5.41) is 4.72. The Kier molecular flexibility index (Phi) is 5.59. The molecule has 162 valence electrons. The van der Waals surface area contributed by atoms with Crippen molar-refractivity contribution >= 4 is 23.9 Å². The molecule has 0 aliphatic carbocycles. The lowest BCUT2D eigenvalue weighted by Gasteiger charge is -2.28. The average Bonchev–Trinajstić information content (AvgIpc) is 3.24. The molecule has 4 rings (SSSR count). The van der Waals surface area contributed by atoms with E-state index in [2.05, 4.69) is 0 Å². The third-order valence-corrected chi connectivity index (χ3v) is 5.13. The monoisotopic (exact) mass is 430 g/mol. The molecular formula is C24H22N4O4. The number of likely N-dealkylation sites (N-methyl/N-ethyl adjacent to an activating group) is 2. The molecule has 0 N–H and O–H groups in total. The topological polar surface area (TPSA) is 84.7 Å². The number of amides is 4. The largest absolute Gasteiger partial charge is 0.494 e. The van der Waals surface area contributed by atoms with E-state index in [1.807, 2.05) is 61.5 Å². The van der Waals surface area contributed by atoms with Crippen LogP contribution in [0.5, 0.6) is 5.75 Å². The molecule has 2 aromatic carbocycles. The highest BCUT2D eigenvalue weighted by Gasteiger charge is 2.38. The molecule has 2 heterocycles. The molecular weight excluding hydrogens is 408 g/mol. The van der Waals surface area contributed by atoms with Gasteiger partial charge in [-0.1, -0.05) is 30.3 Å². The van der Waals surface area contributed by atoms with Gasteiger partial charge < -0.3 is 4.74 Å². The van der Waals surface area contributed by atoms with Gasteiger partial charge in [0.05, 0.1) is 12.3 Å². The average molecular weight is 430 g/mol. The highest BCUT2D eigenvalue weighted by molar-refractivity contribution is 6.30. The molecule has 4 amide bonds. The number of carbonyl (C=O) groups excluding carboxylic acids is 3. The standard InChI is InChI=1S/C24H22N4O4/c1-4-32-19-12-8-9-16(13-19)21-17(15-28(25-21)18-10-6-5-7-11-18)14-20-22(29)26(2)24(31)27(3)23(20)30/h5-15H,4H2,1-3H3. The van der Waals surface area contributed by atoms with Crippen molar-refractivity contribution in [3.63, 3.8) is 0 Å². The zero-order chi connectivity index (χ0) is 22.8. The number of para-hydroxylation sites is 1. The molecule has 3 aromatic rings. The highest BCUT2D eigenvalue weighted by atomic mass is 16.5. The zero-order valence-corrected chi connectivity index (χ0v) is 18.0. The van der Waals surface area contributed by atoms with Crippen LogP contribution in [0.2, 0.25) is 0 Å². The van der Waals surface area contributed by atoms with Crippen LogP contribution in [0.3, 0.4) is 0 Å². The van der Waals surface area contributed by atoms with Crippen LogP contribution in [0.25, 0.3) is 23.0 Å². The third kappa shape index (κ3) is 3.78. The van der Waals surface area contributed by atoms with Crippen molar-refractivity contribution in [3.05, 3.63) is 71.9 Å². The molecule has 0 saturated carbocycles. The van der Waals surface area contributed by atoms with E-state index in [1.54, 1.807) is 10.9 Å². The molecule has 1 fully saturated rings. The molecule has 1 saturated heterocycles. The maximum absolute atomic E-state index is 12.7.